The standard InChI is InChI=1S/C12H14BrNO5S/c1-7-9(13)4-8(12(16)17)5-10(7)20(18,19)6-11(15)14(2)3/h4-5H,6H2,1-3H3,(H,16,17). The predicted octanol–water partition coefficient (Wildman–Crippen LogP) is 1.32. The third kappa shape index (κ3) is 3.57. The first-order valence-corrected chi connectivity index (χ1v) is 7.97. The van der Waals surface area contributed by atoms with Crippen molar-refractivity contribution < 1.29 is 23.1 Å². The van der Waals surface area contributed by atoms with Crippen LogP contribution in [-0.4, -0.2) is 50.1 Å². The van der Waals surface area contributed by atoms with Gasteiger partial charge in [-0.25, -0.2) is 13.2 Å². The van der Waals surface area contributed by atoms with Gasteiger partial charge in [0.15, 0.2) is 9.84 Å². The third-order valence-corrected chi connectivity index (χ3v) is 5.24. The van der Waals surface area contributed by atoms with Crippen LogP contribution in [0.1, 0.15) is 15.9 Å². The molecule has 0 aromatic heterocycles. The molecule has 1 aromatic carbocycles. The van der Waals surface area contributed by atoms with Gasteiger partial charge in [-0.3, -0.25) is 4.79 Å². The second-order valence-corrected chi connectivity index (χ2v) is 7.25. The van der Waals surface area contributed by atoms with Gasteiger partial charge in [0.2, 0.25) is 5.91 Å². The van der Waals surface area contributed by atoms with Crippen molar-refractivity contribution in [2.75, 3.05) is 19.8 Å². The lowest BCUT2D eigenvalue weighted by Gasteiger charge is -2.13. The molecule has 0 saturated carbocycles. The molecule has 0 fully saturated rings. The number of aromatic carboxylic acids is 1. The maximum Gasteiger partial charge on any atom is 0.335 e. The average Bonchev–Trinajstić information content (AvgIpc) is 2.31. The van der Waals surface area contributed by atoms with Crippen LogP contribution in [0.3, 0.4) is 0 Å². The first-order valence-electron chi connectivity index (χ1n) is 5.52. The third-order valence-electron chi connectivity index (χ3n) is 2.69. The molecule has 0 bridgehead atoms. The van der Waals surface area contributed by atoms with Crippen molar-refractivity contribution in [2.24, 2.45) is 0 Å². The first-order chi connectivity index (χ1) is 9.06. The van der Waals surface area contributed by atoms with Gasteiger partial charge in [0.25, 0.3) is 0 Å². The summed E-state index contributed by atoms with van der Waals surface area (Å²) in [5, 5.41) is 8.97. The monoisotopic (exact) mass is 363 g/mol. The Morgan fingerprint density at radius 2 is 1.85 bits per heavy atom. The minimum Gasteiger partial charge on any atom is -0.478 e. The molecule has 1 rings (SSSR count). The van der Waals surface area contributed by atoms with Crippen molar-refractivity contribution in [1.82, 2.24) is 4.90 Å². The Hall–Kier alpha value is -1.41. The number of amides is 1. The average molecular weight is 364 g/mol. The molecule has 20 heavy (non-hydrogen) atoms. The summed E-state index contributed by atoms with van der Waals surface area (Å²) in [5.74, 6) is -2.50. The number of hydrogen-bond acceptors (Lipinski definition) is 4. The van der Waals surface area contributed by atoms with E-state index < -0.39 is 27.5 Å². The number of halogens is 1. The van der Waals surface area contributed by atoms with Gasteiger partial charge in [-0.2, -0.15) is 0 Å². The van der Waals surface area contributed by atoms with Gasteiger partial charge in [-0.1, -0.05) is 15.9 Å². The maximum absolute atomic E-state index is 12.2. The number of rotatable bonds is 4. The molecule has 110 valence electrons. The number of benzene rings is 1. The number of nitrogens with zero attached hydrogens (tertiary/aromatic N) is 1. The molecule has 1 N–H and O–H groups in total. The van der Waals surface area contributed by atoms with Crippen molar-refractivity contribution in [1.29, 1.82) is 0 Å². The zero-order valence-corrected chi connectivity index (χ0v) is 13.6. The Balaban J connectivity index is 3.38. The van der Waals surface area contributed by atoms with E-state index in [1.807, 2.05) is 0 Å². The highest BCUT2D eigenvalue weighted by molar-refractivity contribution is 9.10. The normalized spacial score (nSPS) is 11.2. The molecule has 6 nitrogen and oxygen atoms in total. The summed E-state index contributed by atoms with van der Waals surface area (Å²) in [6.07, 6.45) is 0. The molecule has 8 heteroatoms. The van der Waals surface area contributed by atoms with Crippen LogP contribution in [0.4, 0.5) is 0 Å². The van der Waals surface area contributed by atoms with Crippen LogP contribution >= 0.6 is 15.9 Å². The van der Waals surface area contributed by atoms with Crippen LogP contribution in [0.15, 0.2) is 21.5 Å². The topological polar surface area (TPSA) is 91.7 Å². The fourth-order valence-corrected chi connectivity index (χ4v) is 3.68. The highest BCUT2D eigenvalue weighted by atomic mass is 79.9. The van der Waals surface area contributed by atoms with Crippen LogP contribution in [0.5, 0.6) is 0 Å². The summed E-state index contributed by atoms with van der Waals surface area (Å²) in [6.45, 7) is 1.54. The molecule has 1 aromatic rings. The van der Waals surface area contributed by atoms with Gasteiger partial charge < -0.3 is 10.0 Å². The van der Waals surface area contributed by atoms with E-state index in [2.05, 4.69) is 15.9 Å². The van der Waals surface area contributed by atoms with E-state index in [0.29, 0.717) is 10.0 Å². The lowest BCUT2D eigenvalue weighted by Crippen LogP contribution is -2.29. The summed E-state index contributed by atoms with van der Waals surface area (Å²) < 4.78 is 24.8. The molecule has 0 spiro atoms. The fourth-order valence-electron chi connectivity index (χ4n) is 1.47. The van der Waals surface area contributed by atoms with Crippen LogP contribution in [0.2, 0.25) is 0 Å². The van der Waals surface area contributed by atoms with E-state index in [4.69, 9.17) is 5.11 Å². The maximum atomic E-state index is 12.2. The summed E-state index contributed by atoms with van der Waals surface area (Å²) in [7, 11) is -0.993. The molecule has 0 unspecified atom stereocenters. The molecule has 0 heterocycles. The largest absolute Gasteiger partial charge is 0.478 e. The minimum atomic E-state index is -3.90. The fraction of sp³-hybridized carbons (Fsp3) is 0.333. The van der Waals surface area contributed by atoms with Crippen LogP contribution in [-0.2, 0) is 14.6 Å². The van der Waals surface area contributed by atoms with Gasteiger partial charge in [-0.15, -0.1) is 0 Å². The highest BCUT2D eigenvalue weighted by Gasteiger charge is 2.25. The van der Waals surface area contributed by atoms with Crippen molar-refractivity contribution >= 4 is 37.6 Å². The van der Waals surface area contributed by atoms with E-state index in [1.165, 1.54) is 25.1 Å². The van der Waals surface area contributed by atoms with E-state index in [0.717, 1.165) is 6.07 Å². The molecular weight excluding hydrogens is 350 g/mol. The number of sulfone groups is 1. The van der Waals surface area contributed by atoms with Gasteiger partial charge in [-0.05, 0) is 24.6 Å². The van der Waals surface area contributed by atoms with Crippen molar-refractivity contribution in [3.8, 4) is 0 Å². The SMILES string of the molecule is Cc1c(Br)cc(C(=O)O)cc1S(=O)(=O)CC(=O)N(C)C. The van der Waals surface area contributed by atoms with Crippen LogP contribution < -0.4 is 0 Å². The zero-order valence-electron chi connectivity index (χ0n) is 11.2. The molecule has 0 aliphatic heterocycles. The van der Waals surface area contributed by atoms with Crippen molar-refractivity contribution in [2.45, 2.75) is 11.8 Å². The summed E-state index contributed by atoms with van der Waals surface area (Å²) >= 11 is 3.13. The second-order valence-electron chi connectivity index (χ2n) is 4.43. The summed E-state index contributed by atoms with van der Waals surface area (Å²) in [6, 6.07) is 2.39. The Kier molecular flexibility index (Phi) is 4.93. The Labute approximate surface area is 125 Å². The highest BCUT2D eigenvalue weighted by Crippen LogP contribution is 2.26. The second kappa shape index (κ2) is 5.92. The molecule has 0 atom stereocenters. The molecule has 0 aliphatic carbocycles. The molecule has 0 aliphatic rings. The van der Waals surface area contributed by atoms with Gasteiger partial charge in [0, 0.05) is 18.6 Å². The number of carboxylic acids is 1. The van der Waals surface area contributed by atoms with Gasteiger partial charge in [0.1, 0.15) is 5.75 Å². The lowest BCUT2D eigenvalue weighted by molar-refractivity contribution is -0.125. The van der Waals surface area contributed by atoms with E-state index in [9.17, 15) is 18.0 Å². The Bertz CT molecular complexity index is 667. The molecule has 0 radical (unpaired) electrons. The summed E-state index contributed by atoms with van der Waals surface area (Å²) in [5.41, 5.74) is 0.222. The zero-order chi connectivity index (χ0) is 15.7. The number of hydrogen-bond donors (Lipinski definition) is 1. The van der Waals surface area contributed by atoms with Crippen LogP contribution in [0.25, 0.3) is 0 Å². The van der Waals surface area contributed by atoms with E-state index >= 15 is 0 Å². The van der Waals surface area contributed by atoms with Gasteiger partial charge in [0.05, 0.1) is 10.5 Å². The van der Waals surface area contributed by atoms with Gasteiger partial charge >= 0.3 is 5.97 Å². The molecule has 1 amide bonds. The van der Waals surface area contributed by atoms with Crippen molar-refractivity contribution in [3.05, 3.63) is 27.7 Å². The number of carbonyl (C=O) groups excluding carboxylic acids is 1. The van der Waals surface area contributed by atoms with Crippen molar-refractivity contribution in [3.63, 3.8) is 0 Å². The quantitative estimate of drug-likeness (QED) is 0.870. The minimum absolute atomic E-state index is 0.153. The Morgan fingerprint density at radius 1 is 1.30 bits per heavy atom. The van der Waals surface area contributed by atoms with Crippen LogP contribution in [0, 0.1) is 6.92 Å². The Morgan fingerprint density at radius 3 is 2.30 bits per heavy atom. The summed E-state index contributed by atoms with van der Waals surface area (Å²) in [4.78, 5) is 23.6. The smallest absolute Gasteiger partial charge is 0.335 e. The van der Waals surface area contributed by atoms with E-state index in [1.54, 1.807) is 6.92 Å². The predicted molar refractivity (Wildman–Crippen MR) is 76.6 cm³/mol. The van der Waals surface area contributed by atoms with E-state index in [-0.39, 0.29) is 10.5 Å². The number of carbonyl (C=O) groups is 2. The molecule has 0 saturated heterocycles. The lowest BCUT2D eigenvalue weighted by atomic mass is 10.1. The first kappa shape index (κ1) is 16.6. The number of carboxylic acid groups (broad SMARTS) is 1. The molecular formula is C12H14BrNO5S.